The minimum atomic E-state index is 0.493. The molecule has 3 heteroatoms. The number of aryl methyl sites for hydroxylation is 1. The van der Waals surface area contributed by atoms with Gasteiger partial charge in [-0.25, -0.2) is 0 Å². The molecule has 1 N–H and O–H groups in total. The van der Waals surface area contributed by atoms with Crippen LogP contribution in [0.15, 0.2) is 109 Å². The van der Waals surface area contributed by atoms with E-state index in [0.717, 1.165) is 18.4 Å². The Morgan fingerprint density at radius 1 is 0.750 bits per heavy atom. The number of rotatable bonds is 6. The molecular formula is C41H37N2P. The van der Waals surface area contributed by atoms with Gasteiger partial charge in [-0.2, -0.15) is 0 Å². The molecule has 0 aliphatic carbocycles. The van der Waals surface area contributed by atoms with Crippen LogP contribution < -0.4 is 21.1 Å². The van der Waals surface area contributed by atoms with Crippen LogP contribution in [0.3, 0.4) is 0 Å². The molecule has 2 heterocycles. The highest BCUT2D eigenvalue weighted by atomic mass is 31.0. The maximum atomic E-state index is 4.66. The van der Waals surface area contributed by atoms with E-state index in [2.05, 4.69) is 150 Å². The first-order valence-corrected chi connectivity index (χ1v) is 16.1. The van der Waals surface area contributed by atoms with Crippen LogP contribution in [0.4, 0.5) is 0 Å². The fourth-order valence-corrected chi connectivity index (χ4v) is 7.06. The highest BCUT2D eigenvalue weighted by molar-refractivity contribution is 7.28. The number of nitrogens with one attached hydrogen (secondary N) is 1. The molecule has 2 atom stereocenters. The van der Waals surface area contributed by atoms with E-state index in [1.54, 1.807) is 0 Å². The summed E-state index contributed by atoms with van der Waals surface area (Å²) in [6.45, 7) is 7.62. The van der Waals surface area contributed by atoms with Crippen LogP contribution in [0, 0.1) is 6.92 Å². The van der Waals surface area contributed by atoms with E-state index >= 15 is 0 Å². The smallest absolute Gasteiger partial charge is 0.0353 e. The fourth-order valence-electron chi connectivity index (χ4n) is 6.72. The normalized spacial score (nSPS) is 13.0. The molecule has 1 aliphatic rings. The predicted octanol–water partition coefficient (Wildman–Crippen LogP) is 8.35. The first-order chi connectivity index (χ1) is 21.5. The van der Waals surface area contributed by atoms with E-state index in [-0.39, 0.29) is 0 Å². The van der Waals surface area contributed by atoms with Crippen LogP contribution in [-0.4, -0.2) is 11.5 Å². The number of hydrogen-bond donors (Lipinski definition) is 1. The Balaban J connectivity index is 1.50. The molecule has 1 aliphatic heterocycles. The fraction of sp³-hybridized carbons (Fsp3) is 0.146. The molecule has 0 saturated carbocycles. The van der Waals surface area contributed by atoms with E-state index in [4.69, 9.17) is 0 Å². The van der Waals surface area contributed by atoms with Gasteiger partial charge in [0.15, 0.2) is 0 Å². The van der Waals surface area contributed by atoms with Crippen LogP contribution in [-0.2, 0) is 0 Å². The summed E-state index contributed by atoms with van der Waals surface area (Å²) in [5.41, 5.74) is 12.7. The van der Waals surface area contributed by atoms with Gasteiger partial charge in [-0.05, 0) is 103 Å². The van der Waals surface area contributed by atoms with Gasteiger partial charge in [0.2, 0.25) is 0 Å². The van der Waals surface area contributed by atoms with E-state index in [0.29, 0.717) is 5.92 Å². The van der Waals surface area contributed by atoms with Gasteiger partial charge in [0.1, 0.15) is 0 Å². The molecule has 0 saturated heterocycles. The Labute approximate surface area is 262 Å². The maximum absolute atomic E-state index is 4.66. The third-order valence-corrected chi connectivity index (χ3v) is 9.71. The van der Waals surface area contributed by atoms with Crippen molar-refractivity contribution in [2.75, 3.05) is 6.54 Å². The van der Waals surface area contributed by atoms with Crippen LogP contribution in [0.5, 0.6) is 0 Å². The number of benzene rings is 5. The van der Waals surface area contributed by atoms with Gasteiger partial charge in [0.05, 0.1) is 0 Å². The minimum absolute atomic E-state index is 0.493. The summed E-state index contributed by atoms with van der Waals surface area (Å²) >= 11 is 0. The number of hydrogen-bond acceptors (Lipinski definition) is 2. The van der Waals surface area contributed by atoms with Crippen molar-refractivity contribution in [3.8, 4) is 44.5 Å². The monoisotopic (exact) mass is 588 g/mol. The topological polar surface area (TPSA) is 24.9 Å². The second-order valence-electron chi connectivity index (χ2n) is 11.8. The van der Waals surface area contributed by atoms with Gasteiger partial charge in [0, 0.05) is 41.3 Å². The van der Waals surface area contributed by atoms with Crippen molar-refractivity contribution in [3.05, 3.63) is 131 Å². The molecular weight excluding hydrogens is 551 g/mol. The molecule has 0 radical (unpaired) electrons. The first kappa shape index (κ1) is 28.3. The summed E-state index contributed by atoms with van der Waals surface area (Å²) in [6, 6.07) is 35.6. The maximum Gasteiger partial charge on any atom is 0.0353 e. The summed E-state index contributed by atoms with van der Waals surface area (Å²) in [4.78, 5) is 4.66. The Kier molecular flexibility index (Phi) is 7.62. The quantitative estimate of drug-likeness (QED) is 0.198. The number of aromatic nitrogens is 1. The van der Waals surface area contributed by atoms with Crippen molar-refractivity contribution in [2.24, 2.45) is 0 Å². The minimum Gasteiger partial charge on any atom is -0.387 e. The Hall–Kier alpha value is -4.52. The summed E-state index contributed by atoms with van der Waals surface area (Å²) < 4.78 is 0. The molecule has 1 aromatic heterocycles. The average molecular weight is 589 g/mol. The van der Waals surface area contributed by atoms with E-state index < -0.39 is 0 Å². The van der Waals surface area contributed by atoms with Crippen molar-refractivity contribution in [2.45, 2.75) is 33.1 Å². The third-order valence-electron chi connectivity index (χ3n) is 9.21. The number of nitrogens with zero attached hydrogens (tertiary/aromatic N) is 1. The second-order valence-corrected chi connectivity index (χ2v) is 12.5. The standard InChI is InChI=1S/C41H37N2P/c1-4-26(2)31-12-8-9-13-32(31)35-22-29(15-14-27(35)3)41-37-24-42-20-18-33(37)40(34-19-21-43-25-38(34)41)30-16-17-39(44)36(23-30)28-10-6-5-7-11-28/h5-20,22-26,43H,4,21,44H2,1-3H3. The zero-order chi connectivity index (χ0) is 30.2. The largest absolute Gasteiger partial charge is 0.387 e. The molecule has 6 aromatic rings. The Morgan fingerprint density at radius 2 is 1.48 bits per heavy atom. The molecule has 0 fully saturated rings. The summed E-state index contributed by atoms with van der Waals surface area (Å²) in [5.74, 6) is 0.493. The van der Waals surface area contributed by atoms with E-state index in [9.17, 15) is 0 Å². The Morgan fingerprint density at radius 3 is 2.30 bits per heavy atom. The third kappa shape index (κ3) is 4.94. The van der Waals surface area contributed by atoms with Crippen LogP contribution in [0.25, 0.3) is 67.6 Å². The average Bonchev–Trinajstić information content (AvgIpc) is 3.08. The van der Waals surface area contributed by atoms with Gasteiger partial charge in [-0.3, -0.25) is 4.98 Å². The predicted molar refractivity (Wildman–Crippen MR) is 192 cm³/mol. The van der Waals surface area contributed by atoms with Crippen molar-refractivity contribution in [3.63, 3.8) is 0 Å². The zero-order valence-electron chi connectivity index (χ0n) is 25.6. The lowest BCUT2D eigenvalue weighted by Gasteiger charge is -2.20. The van der Waals surface area contributed by atoms with Gasteiger partial charge in [-0.1, -0.05) is 98.8 Å². The lowest BCUT2D eigenvalue weighted by atomic mass is 9.85. The summed E-state index contributed by atoms with van der Waals surface area (Å²) in [7, 11) is 2.92. The van der Waals surface area contributed by atoms with E-state index in [1.165, 1.54) is 76.8 Å². The van der Waals surface area contributed by atoms with E-state index in [1.807, 2.05) is 12.4 Å². The number of fused-ring (bicyclic) bond motifs is 2. The van der Waals surface area contributed by atoms with Crippen molar-refractivity contribution in [1.82, 2.24) is 10.3 Å². The SMILES string of the molecule is CCC(C)c1ccccc1-c1cc(-c2c3c(c(-c4ccc(P)c(-c5ccccc5)c4)c4ccncc24)=CCNC=3)ccc1C. The highest BCUT2D eigenvalue weighted by Crippen LogP contribution is 2.37. The molecule has 7 rings (SSSR count). The summed E-state index contributed by atoms with van der Waals surface area (Å²) in [6.07, 6.45) is 9.64. The highest BCUT2D eigenvalue weighted by Gasteiger charge is 2.19. The summed E-state index contributed by atoms with van der Waals surface area (Å²) in [5, 5.41) is 9.59. The lowest BCUT2D eigenvalue weighted by Crippen LogP contribution is -2.36. The lowest BCUT2D eigenvalue weighted by molar-refractivity contribution is 0.735. The molecule has 5 aromatic carbocycles. The molecule has 0 bridgehead atoms. The van der Waals surface area contributed by atoms with Crippen molar-refractivity contribution < 1.29 is 0 Å². The molecule has 2 nitrogen and oxygen atoms in total. The zero-order valence-corrected chi connectivity index (χ0v) is 26.7. The van der Waals surface area contributed by atoms with Crippen molar-refractivity contribution in [1.29, 1.82) is 0 Å². The Bertz CT molecular complexity index is 2150. The van der Waals surface area contributed by atoms with Gasteiger partial charge in [0.25, 0.3) is 0 Å². The molecule has 44 heavy (non-hydrogen) atoms. The molecule has 216 valence electrons. The van der Waals surface area contributed by atoms with Crippen molar-refractivity contribution >= 4 is 37.6 Å². The van der Waals surface area contributed by atoms with Crippen LogP contribution in [0.1, 0.15) is 37.3 Å². The first-order valence-electron chi connectivity index (χ1n) is 15.5. The van der Waals surface area contributed by atoms with Gasteiger partial charge < -0.3 is 5.32 Å². The van der Waals surface area contributed by atoms with Gasteiger partial charge >= 0.3 is 0 Å². The van der Waals surface area contributed by atoms with Crippen LogP contribution in [0.2, 0.25) is 0 Å². The van der Waals surface area contributed by atoms with Gasteiger partial charge in [-0.15, -0.1) is 9.24 Å². The molecule has 0 spiro atoms. The molecule has 0 amide bonds. The number of pyridine rings is 1. The second kappa shape index (κ2) is 11.9. The van der Waals surface area contributed by atoms with Crippen LogP contribution >= 0.6 is 9.24 Å². The molecule has 2 unspecified atom stereocenters.